The second-order valence-electron chi connectivity index (χ2n) is 6.36. The second kappa shape index (κ2) is 10.0. The van der Waals surface area contributed by atoms with Crippen molar-refractivity contribution in [2.75, 3.05) is 30.5 Å². The van der Waals surface area contributed by atoms with Gasteiger partial charge >= 0.3 is 0 Å². The summed E-state index contributed by atoms with van der Waals surface area (Å²) in [7, 11) is -0.551. The molecule has 11 heteroatoms. The third-order valence-corrected chi connectivity index (χ3v) is 7.78. The molecule has 158 valence electrons. The second-order valence-corrected chi connectivity index (χ2v) is 10.7. The van der Waals surface area contributed by atoms with Gasteiger partial charge in [-0.15, -0.1) is 10.2 Å². The summed E-state index contributed by atoms with van der Waals surface area (Å²) in [5.41, 5.74) is 1.67. The van der Waals surface area contributed by atoms with Crippen molar-refractivity contribution in [1.82, 2.24) is 14.5 Å². The summed E-state index contributed by atoms with van der Waals surface area (Å²) in [6.07, 6.45) is 0. The van der Waals surface area contributed by atoms with Crippen LogP contribution in [0.4, 0.5) is 10.8 Å². The molecule has 0 saturated heterocycles. The number of hydrogen-bond donors (Lipinski definition) is 2. The Morgan fingerprint density at radius 3 is 2.43 bits per heavy atom. The maximum atomic E-state index is 12.2. The van der Waals surface area contributed by atoms with E-state index in [1.807, 2.05) is 30.3 Å². The Hall–Kier alpha value is -2.47. The van der Waals surface area contributed by atoms with E-state index < -0.39 is 10.0 Å². The molecular weight excluding hydrogens is 442 g/mol. The van der Waals surface area contributed by atoms with Crippen LogP contribution < -0.4 is 10.6 Å². The van der Waals surface area contributed by atoms with E-state index in [0.29, 0.717) is 21.7 Å². The molecule has 30 heavy (non-hydrogen) atoms. The molecule has 0 aliphatic rings. The first-order valence-corrected chi connectivity index (χ1v) is 12.2. The van der Waals surface area contributed by atoms with Gasteiger partial charge in [0, 0.05) is 26.3 Å². The number of benzene rings is 2. The summed E-state index contributed by atoms with van der Waals surface area (Å²) >= 11 is 2.68. The average Bonchev–Trinajstić information content (AvgIpc) is 3.20. The van der Waals surface area contributed by atoms with Crippen molar-refractivity contribution in [2.24, 2.45) is 0 Å². The van der Waals surface area contributed by atoms with Crippen LogP contribution in [0.2, 0.25) is 0 Å². The summed E-state index contributed by atoms with van der Waals surface area (Å²) in [5.74, 6) is -0.0392. The van der Waals surface area contributed by atoms with Gasteiger partial charge < -0.3 is 10.6 Å². The molecule has 1 amide bonds. The van der Waals surface area contributed by atoms with E-state index in [1.54, 1.807) is 12.1 Å². The SMILES string of the molecule is CN(C)S(=O)(=O)c1ccc(NC(=O)CSc2nnc(NCc3ccccc3)s2)cc1. The van der Waals surface area contributed by atoms with Crippen molar-refractivity contribution in [3.05, 3.63) is 60.2 Å². The van der Waals surface area contributed by atoms with Crippen LogP contribution in [0.15, 0.2) is 63.8 Å². The van der Waals surface area contributed by atoms with Crippen molar-refractivity contribution in [1.29, 1.82) is 0 Å². The summed E-state index contributed by atoms with van der Waals surface area (Å²) < 4.78 is 26.0. The highest BCUT2D eigenvalue weighted by Crippen LogP contribution is 2.26. The molecule has 0 aliphatic carbocycles. The highest BCUT2D eigenvalue weighted by molar-refractivity contribution is 8.01. The molecule has 0 radical (unpaired) electrons. The number of carbonyl (C=O) groups excluding carboxylic acids is 1. The van der Waals surface area contributed by atoms with E-state index in [9.17, 15) is 13.2 Å². The Balaban J connectivity index is 1.47. The van der Waals surface area contributed by atoms with Crippen molar-refractivity contribution in [3.63, 3.8) is 0 Å². The predicted molar refractivity (Wildman–Crippen MR) is 120 cm³/mol. The van der Waals surface area contributed by atoms with Crippen LogP contribution >= 0.6 is 23.1 Å². The van der Waals surface area contributed by atoms with Gasteiger partial charge in [0.05, 0.1) is 10.6 Å². The molecule has 2 aromatic carbocycles. The topological polar surface area (TPSA) is 104 Å². The fraction of sp³-hybridized carbons (Fsp3) is 0.211. The average molecular weight is 464 g/mol. The molecule has 2 N–H and O–H groups in total. The summed E-state index contributed by atoms with van der Waals surface area (Å²) in [6.45, 7) is 0.653. The first-order valence-electron chi connectivity index (χ1n) is 8.91. The number of hydrogen-bond acceptors (Lipinski definition) is 8. The number of nitrogens with one attached hydrogen (secondary N) is 2. The largest absolute Gasteiger partial charge is 0.356 e. The van der Waals surface area contributed by atoms with Crippen LogP contribution in [-0.2, 0) is 21.4 Å². The Bertz CT molecular complexity index is 1080. The minimum absolute atomic E-state index is 0.171. The summed E-state index contributed by atoms with van der Waals surface area (Å²) in [5, 5.41) is 14.8. The smallest absolute Gasteiger partial charge is 0.242 e. The summed E-state index contributed by atoms with van der Waals surface area (Å²) in [6, 6.07) is 16.0. The summed E-state index contributed by atoms with van der Waals surface area (Å²) in [4.78, 5) is 12.3. The molecular formula is C19H21N5O3S3. The zero-order valence-corrected chi connectivity index (χ0v) is 18.9. The standard InChI is InChI=1S/C19H21N5O3S3/c1-24(2)30(26,27)16-10-8-15(9-11-16)21-17(25)13-28-19-23-22-18(29-19)20-12-14-6-4-3-5-7-14/h3-11H,12-13H2,1-2H3,(H,20,22)(H,21,25). The molecule has 0 spiro atoms. The first kappa shape index (κ1) is 22.2. The minimum atomic E-state index is -3.49. The maximum Gasteiger partial charge on any atom is 0.242 e. The van der Waals surface area contributed by atoms with Crippen molar-refractivity contribution >= 4 is 49.8 Å². The lowest BCUT2D eigenvalue weighted by Gasteiger charge is -2.11. The van der Waals surface area contributed by atoms with Crippen LogP contribution in [0.1, 0.15) is 5.56 Å². The molecule has 1 heterocycles. The first-order chi connectivity index (χ1) is 14.3. The van der Waals surface area contributed by atoms with E-state index >= 15 is 0 Å². The normalized spacial score (nSPS) is 11.4. The molecule has 0 unspecified atom stereocenters. The molecule has 8 nitrogen and oxygen atoms in total. The number of nitrogens with zero attached hydrogens (tertiary/aromatic N) is 3. The number of carbonyl (C=O) groups is 1. The van der Waals surface area contributed by atoms with Crippen LogP contribution in [-0.4, -0.2) is 48.7 Å². The van der Waals surface area contributed by atoms with Gasteiger partial charge in [0.1, 0.15) is 0 Å². The molecule has 0 fully saturated rings. The van der Waals surface area contributed by atoms with Gasteiger partial charge in [-0.05, 0) is 29.8 Å². The Kier molecular flexibility index (Phi) is 7.43. The van der Waals surface area contributed by atoms with E-state index in [2.05, 4.69) is 20.8 Å². The Morgan fingerprint density at radius 1 is 1.07 bits per heavy atom. The maximum absolute atomic E-state index is 12.2. The number of rotatable bonds is 9. The van der Waals surface area contributed by atoms with Crippen LogP contribution in [0, 0.1) is 0 Å². The molecule has 3 aromatic rings. The van der Waals surface area contributed by atoms with E-state index in [0.717, 1.165) is 9.87 Å². The van der Waals surface area contributed by atoms with Crippen molar-refractivity contribution < 1.29 is 13.2 Å². The number of anilines is 2. The monoisotopic (exact) mass is 463 g/mol. The van der Waals surface area contributed by atoms with Gasteiger partial charge in [0.2, 0.25) is 21.1 Å². The molecule has 1 aromatic heterocycles. The Labute approximate surface area is 183 Å². The molecule has 0 bridgehead atoms. The lowest BCUT2D eigenvalue weighted by atomic mass is 10.2. The van der Waals surface area contributed by atoms with Gasteiger partial charge in [0.25, 0.3) is 0 Å². The van der Waals surface area contributed by atoms with E-state index in [1.165, 1.54) is 49.3 Å². The highest BCUT2D eigenvalue weighted by Gasteiger charge is 2.17. The minimum Gasteiger partial charge on any atom is -0.356 e. The number of amides is 1. The molecule has 0 atom stereocenters. The quantitative estimate of drug-likeness (QED) is 0.470. The van der Waals surface area contributed by atoms with Crippen LogP contribution in [0.3, 0.4) is 0 Å². The fourth-order valence-corrected chi connectivity index (χ4v) is 4.81. The third kappa shape index (κ3) is 6.02. The zero-order valence-electron chi connectivity index (χ0n) is 16.4. The number of sulfonamides is 1. The van der Waals surface area contributed by atoms with Gasteiger partial charge in [-0.1, -0.05) is 53.4 Å². The third-order valence-electron chi connectivity index (χ3n) is 3.94. The lowest BCUT2D eigenvalue weighted by Crippen LogP contribution is -2.22. The van der Waals surface area contributed by atoms with E-state index in [4.69, 9.17) is 0 Å². The lowest BCUT2D eigenvalue weighted by molar-refractivity contribution is -0.113. The van der Waals surface area contributed by atoms with Crippen molar-refractivity contribution in [3.8, 4) is 0 Å². The number of thioether (sulfide) groups is 1. The zero-order chi connectivity index (χ0) is 21.6. The molecule has 3 rings (SSSR count). The number of aromatic nitrogens is 2. The van der Waals surface area contributed by atoms with Crippen LogP contribution in [0.5, 0.6) is 0 Å². The highest BCUT2D eigenvalue weighted by atomic mass is 32.2. The van der Waals surface area contributed by atoms with Crippen LogP contribution in [0.25, 0.3) is 0 Å². The van der Waals surface area contributed by atoms with Gasteiger partial charge in [-0.25, -0.2) is 12.7 Å². The fourth-order valence-electron chi connectivity index (χ4n) is 2.36. The van der Waals surface area contributed by atoms with Crippen molar-refractivity contribution in [2.45, 2.75) is 15.8 Å². The Morgan fingerprint density at radius 2 is 1.77 bits per heavy atom. The van der Waals surface area contributed by atoms with Gasteiger partial charge in [-0.2, -0.15) is 0 Å². The van der Waals surface area contributed by atoms with Gasteiger partial charge in [0.15, 0.2) is 4.34 Å². The van der Waals surface area contributed by atoms with E-state index in [-0.39, 0.29) is 16.6 Å². The molecule has 0 saturated carbocycles. The molecule has 0 aliphatic heterocycles. The predicted octanol–water partition coefficient (Wildman–Crippen LogP) is 3.13. The van der Waals surface area contributed by atoms with Gasteiger partial charge in [-0.3, -0.25) is 4.79 Å².